The number of methoxy groups -OCH3 is 1. The van der Waals surface area contributed by atoms with Crippen LogP contribution in [-0.2, 0) is 0 Å². The molecule has 0 atom stereocenters. The molecule has 0 fully saturated rings. The summed E-state index contributed by atoms with van der Waals surface area (Å²) in [6.07, 6.45) is 1.19. The van der Waals surface area contributed by atoms with Gasteiger partial charge in [-0.1, -0.05) is 13.0 Å². The molecule has 3 heteroatoms. The van der Waals surface area contributed by atoms with E-state index in [2.05, 4.69) is 6.92 Å². The van der Waals surface area contributed by atoms with E-state index in [1.165, 1.54) is 6.42 Å². The second kappa shape index (κ2) is 6.60. The Balaban J connectivity index is 2.34. The molecule has 0 N–H and O–H groups in total. The van der Waals surface area contributed by atoms with Crippen molar-refractivity contribution in [2.75, 3.05) is 18.8 Å². The molecule has 0 aliphatic carbocycles. The molecule has 1 aromatic carbocycles. The molecule has 1 aromatic rings. The molecule has 0 heterocycles. The maximum atomic E-state index is 5.53. The highest BCUT2D eigenvalue weighted by molar-refractivity contribution is 7.99. The molecule has 0 bridgehead atoms. The van der Waals surface area contributed by atoms with Crippen molar-refractivity contribution in [1.82, 2.24) is 0 Å². The van der Waals surface area contributed by atoms with E-state index in [1.807, 2.05) is 24.3 Å². The van der Waals surface area contributed by atoms with Gasteiger partial charge in [0.1, 0.15) is 17.4 Å². The van der Waals surface area contributed by atoms with Crippen LogP contribution < -0.4 is 9.47 Å². The quantitative estimate of drug-likeness (QED) is 0.533. The van der Waals surface area contributed by atoms with Gasteiger partial charge in [0.15, 0.2) is 0 Å². The van der Waals surface area contributed by atoms with Gasteiger partial charge in [0.2, 0.25) is 0 Å². The van der Waals surface area contributed by atoms with Crippen LogP contribution in [0.15, 0.2) is 24.3 Å². The molecule has 0 aliphatic heterocycles. The lowest BCUT2D eigenvalue weighted by Gasteiger charge is -2.06. The number of rotatable bonds is 6. The zero-order valence-electron chi connectivity index (χ0n) is 8.66. The van der Waals surface area contributed by atoms with Crippen molar-refractivity contribution in [2.24, 2.45) is 0 Å². The van der Waals surface area contributed by atoms with Gasteiger partial charge in [-0.25, -0.2) is 0 Å². The molecular formula is C11H16O2S. The molecule has 0 saturated carbocycles. The third-order valence-electron chi connectivity index (χ3n) is 1.70. The lowest BCUT2D eigenvalue weighted by atomic mass is 10.3. The fourth-order valence-electron chi connectivity index (χ4n) is 1.00. The summed E-state index contributed by atoms with van der Waals surface area (Å²) >= 11 is 1.80. The van der Waals surface area contributed by atoms with Crippen LogP contribution in [0.3, 0.4) is 0 Å². The number of ether oxygens (including phenoxy) is 2. The van der Waals surface area contributed by atoms with Crippen LogP contribution in [0, 0.1) is 0 Å². The number of hydrogen-bond acceptors (Lipinski definition) is 3. The van der Waals surface area contributed by atoms with E-state index in [9.17, 15) is 0 Å². The Morgan fingerprint density at radius 3 is 2.79 bits per heavy atom. The first-order chi connectivity index (χ1) is 6.86. The van der Waals surface area contributed by atoms with Crippen LogP contribution in [0.1, 0.15) is 13.3 Å². The van der Waals surface area contributed by atoms with Crippen LogP contribution in [0.2, 0.25) is 0 Å². The second-order valence-corrected chi connectivity index (χ2v) is 3.90. The highest BCUT2D eigenvalue weighted by Gasteiger charge is 1.95. The third kappa shape index (κ3) is 3.92. The molecule has 0 aromatic heterocycles. The number of benzene rings is 1. The van der Waals surface area contributed by atoms with Crippen LogP contribution >= 0.6 is 11.8 Å². The van der Waals surface area contributed by atoms with E-state index in [4.69, 9.17) is 9.47 Å². The minimum absolute atomic E-state index is 0.709. The van der Waals surface area contributed by atoms with Crippen molar-refractivity contribution >= 4 is 11.8 Å². The molecule has 78 valence electrons. The minimum atomic E-state index is 0.709. The summed E-state index contributed by atoms with van der Waals surface area (Å²) in [5.74, 6) is 3.56. The van der Waals surface area contributed by atoms with Gasteiger partial charge >= 0.3 is 0 Å². The maximum Gasteiger partial charge on any atom is 0.134 e. The molecule has 1 rings (SSSR count). The molecule has 0 aliphatic rings. The first-order valence-corrected chi connectivity index (χ1v) is 5.87. The van der Waals surface area contributed by atoms with Gasteiger partial charge in [0.05, 0.1) is 7.11 Å². The normalized spacial score (nSPS) is 9.86. The molecule has 0 unspecified atom stereocenters. The lowest BCUT2D eigenvalue weighted by molar-refractivity contribution is 0.381. The maximum absolute atomic E-state index is 5.53. The second-order valence-electron chi connectivity index (χ2n) is 2.85. The SMILES string of the molecule is CCCSCOc1cccc(OC)c1. The van der Waals surface area contributed by atoms with E-state index in [0.29, 0.717) is 5.94 Å². The summed E-state index contributed by atoms with van der Waals surface area (Å²) in [5, 5.41) is 0. The molecule has 0 saturated heterocycles. The van der Waals surface area contributed by atoms with Crippen molar-refractivity contribution < 1.29 is 9.47 Å². The molecule has 14 heavy (non-hydrogen) atoms. The molecule has 0 spiro atoms. The Bertz CT molecular complexity index is 263. The van der Waals surface area contributed by atoms with E-state index in [0.717, 1.165) is 17.3 Å². The first kappa shape index (κ1) is 11.2. The van der Waals surface area contributed by atoms with Crippen molar-refractivity contribution in [3.8, 4) is 11.5 Å². The van der Waals surface area contributed by atoms with E-state index < -0.39 is 0 Å². The van der Waals surface area contributed by atoms with Gasteiger partial charge in [0.25, 0.3) is 0 Å². The van der Waals surface area contributed by atoms with E-state index >= 15 is 0 Å². The predicted octanol–water partition coefficient (Wildman–Crippen LogP) is 3.17. The summed E-state index contributed by atoms with van der Waals surface area (Å²) in [7, 11) is 1.66. The lowest BCUT2D eigenvalue weighted by Crippen LogP contribution is -1.94. The smallest absolute Gasteiger partial charge is 0.134 e. The fraction of sp³-hybridized carbons (Fsp3) is 0.455. The summed E-state index contributed by atoms with van der Waals surface area (Å²) in [6.45, 7) is 2.17. The average molecular weight is 212 g/mol. The Hall–Kier alpha value is -0.830. The standard InChI is InChI=1S/C11H16O2S/c1-3-7-14-9-13-11-6-4-5-10(8-11)12-2/h4-6,8H,3,7,9H2,1-2H3. The van der Waals surface area contributed by atoms with Crippen molar-refractivity contribution in [1.29, 1.82) is 0 Å². The number of hydrogen-bond donors (Lipinski definition) is 0. The van der Waals surface area contributed by atoms with Gasteiger partial charge in [0, 0.05) is 6.07 Å². The Morgan fingerprint density at radius 1 is 1.29 bits per heavy atom. The van der Waals surface area contributed by atoms with Gasteiger partial charge in [-0.2, -0.15) is 0 Å². The summed E-state index contributed by atoms with van der Waals surface area (Å²) in [4.78, 5) is 0. The molecule has 2 nitrogen and oxygen atoms in total. The summed E-state index contributed by atoms with van der Waals surface area (Å²) in [6, 6.07) is 7.67. The van der Waals surface area contributed by atoms with E-state index in [1.54, 1.807) is 18.9 Å². The summed E-state index contributed by atoms with van der Waals surface area (Å²) < 4.78 is 10.6. The van der Waals surface area contributed by atoms with Gasteiger partial charge in [-0.05, 0) is 24.3 Å². The topological polar surface area (TPSA) is 18.5 Å². The van der Waals surface area contributed by atoms with Gasteiger partial charge in [-0.3, -0.25) is 0 Å². The highest BCUT2D eigenvalue weighted by Crippen LogP contribution is 2.19. The van der Waals surface area contributed by atoms with Crippen molar-refractivity contribution in [2.45, 2.75) is 13.3 Å². The van der Waals surface area contributed by atoms with Crippen LogP contribution in [0.5, 0.6) is 11.5 Å². The van der Waals surface area contributed by atoms with Crippen LogP contribution in [0.25, 0.3) is 0 Å². The highest BCUT2D eigenvalue weighted by atomic mass is 32.2. The minimum Gasteiger partial charge on any atom is -0.497 e. The molecule has 0 radical (unpaired) electrons. The van der Waals surface area contributed by atoms with E-state index in [-0.39, 0.29) is 0 Å². The molecular weight excluding hydrogens is 196 g/mol. The largest absolute Gasteiger partial charge is 0.497 e. The Labute approximate surface area is 89.6 Å². The molecule has 0 amide bonds. The average Bonchev–Trinajstić information content (AvgIpc) is 2.25. The summed E-state index contributed by atoms with van der Waals surface area (Å²) in [5.41, 5.74) is 0. The fourth-order valence-corrected chi connectivity index (χ4v) is 1.63. The first-order valence-electron chi connectivity index (χ1n) is 4.71. The Morgan fingerprint density at radius 2 is 2.07 bits per heavy atom. The third-order valence-corrected chi connectivity index (χ3v) is 2.68. The van der Waals surface area contributed by atoms with Crippen molar-refractivity contribution in [3.05, 3.63) is 24.3 Å². The zero-order chi connectivity index (χ0) is 10.2. The van der Waals surface area contributed by atoms with Crippen LogP contribution in [0.4, 0.5) is 0 Å². The number of thioether (sulfide) groups is 1. The zero-order valence-corrected chi connectivity index (χ0v) is 9.47. The predicted molar refractivity (Wildman–Crippen MR) is 61.2 cm³/mol. The van der Waals surface area contributed by atoms with Gasteiger partial charge in [-0.15, -0.1) is 11.8 Å². The van der Waals surface area contributed by atoms with Gasteiger partial charge < -0.3 is 9.47 Å². The Kier molecular flexibility index (Phi) is 5.30. The van der Waals surface area contributed by atoms with Crippen LogP contribution in [-0.4, -0.2) is 18.8 Å². The van der Waals surface area contributed by atoms with Crippen molar-refractivity contribution in [3.63, 3.8) is 0 Å². The monoisotopic (exact) mass is 212 g/mol.